The zero-order chi connectivity index (χ0) is 18.4. The largest absolute Gasteiger partial charge is 0.477 e. The third kappa shape index (κ3) is 5.47. The van der Waals surface area contributed by atoms with Crippen LogP contribution in [0, 0.1) is 5.92 Å². The highest BCUT2D eigenvalue weighted by Gasteiger charge is 2.22. The maximum atomic E-state index is 5.76. The van der Waals surface area contributed by atoms with E-state index in [0.29, 0.717) is 12.4 Å². The number of ether oxygens (including phenoxy) is 1. The molecule has 140 valence electrons. The first kappa shape index (κ1) is 18.2. The van der Waals surface area contributed by atoms with E-state index in [1.54, 1.807) is 6.20 Å². The number of nitrogens with zero attached hydrogens (tertiary/aromatic N) is 5. The van der Waals surface area contributed by atoms with Gasteiger partial charge >= 0.3 is 0 Å². The van der Waals surface area contributed by atoms with Gasteiger partial charge in [0.25, 0.3) is 0 Å². The molecule has 0 amide bonds. The highest BCUT2D eigenvalue weighted by Crippen LogP contribution is 2.29. The second-order valence-electron chi connectivity index (χ2n) is 6.81. The standard InChI is InChI=1S/C19H28N6O/c1-4-20-19(24(2)12-17-11-23-25(3)13-17)22-10-16-7-8-21-18(9-16)26-14-15-5-6-15/h7-9,11,13,15H,4-6,10,12,14H2,1-3H3,(H,20,22). The average Bonchev–Trinajstić information content (AvgIpc) is 3.38. The number of aliphatic imine (C=N–C) groups is 1. The van der Waals surface area contributed by atoms with Crippen molar-refractivity contribution in [2.24, 2.45) is 18.0 Å². The molecule has 0 radical (unpaired) electrons. The number of aryl methyl sites for hydroxylation is 1. The first-order chi connectivity index (χ1) is 12.6. The summed E-state index contributed by atoms with van der Waals surface area (Å²) < 4.78 is 7.57. The van der Waals surface area contributed by atoms with Crippen LogP contribution in [-0.2, 0) is 20.1 Å². The number of pyridine rings is 1. The number of nitrogens with one attached hydrogen (secondary N) is 1. The van der Waals surface area contributed by atoms with Crippen molar-refractivity contribution in [1.29, 1.82) is 0 Å². The molecule has 7 heteroatoms. The Morgan fingerprint density at radius 2 is 2.27 bits per heavy atom. The Morgan fingerprint density at radius 1 is 1.42 bits per heavy atom. The highest BCUT2D eigenvalue weighted by molar-refractivity contribution is 5.79. The molecule has 0 aromatic carbocycles. The minimum atomic E-state index is 0.585. The second kappa shape index (κ2) is 8.69. The molecule has 2 aromatic heterocycles. The normalized spacial score (nSPS) is 14.3. The van der Waals surface area contributed by atoms with Gasteiger partial charge in [0, 0.05) is 51.2 Å². The Labute approximate surface area is 155 Å². The van der Waals surface area contributed by atoms with Gasteiger partial charge in [-0.3, -0.25) is 4.68 Å². The molecule has 0 bridgehead atoms. The van der Waals surface area contributed by atoms with Gasteiger partial charge in [0.15, 0.2) is 5.96 Å². The summed E-state index contributed by atoms with van der Waals surface area (Å²) in [5.74, 6) is 2.28. The van der Waals surface area contributed by atoms with Gasteiger partial charge in [-0.1, -0.05) is 0 Å². The van der Waals surface area contributed by atoms with Crippen LogP contribution in [0.15, 0.2) is 35.7 Å². The van der Waals surface area contributed by atoms with Crippen LogP contribution < -0.4 is 10.1 Å². The van der Waals surface area contributed by atoms with Gasteiger partial charge in [0.1, 0.15) is 0 Å². The number of rotatable bonds is 8. The molecule has 1 aliphatic carbocycles. The molecule has 0 atom stereocenters. The quantitative estimate of drug-likeness (QED) is 0.580. The number of aromatic nitrogens is 3. The lowest BCUT2D eigenvalue weighted by atomic mass is 10.2. The Kier molecular flexibility index (Phi) is 6.09. The summed E-state index contributed by atoms with van der Waals surface area (Å²) in [7, 11) is 3.96. The number of hydrogen-bond acceptors (Lipinski definition) is 4. The Balaban J connectivity index is 1.61. The first-order valence-corrected chi connectivity index (χ1v) is 9.18. The fourth-order valence-corrected chi connectivity index (χ4v) is 2.65. The van der Waals surface area contributed by atoms with Crippen LogP contribution in [-0.4, -0.2) is 45.8 Å². The lowest BCUT2D eigenvalue weighted by molar-refractivity contribution is 0.288. The number of hydrogen-bond donors (Lipinski definition) is 1. The van der Waals surface area contributed by atoms with Gasteiger partial charge in [-0.25, -0.2) is 9.98 Å². The maximum absolute atomic E-state index is 5.76. The zero-order valence-corrected chi connectivity index (χ0v) is 15.9. The Morgan fingerprint density at radius 3 is 2.96 bits per heavy atom. The Bertz CT molecular complexity index is 737. The lowest BCUT2D eigenvalue weighted by Crippen LogP contribution is -2.38. The van der Waals surface area contributed by atoms with Crippen molar-refractivity contribution in [1.82, 2.24) is 25.0 Å². The van der Waals surface area contributed by atoms with Crippen molar-refractivity contribution < 1.29 is 4.74 Å². The SMILES string of the molecule is CCNC(=NCc1ccnc(OCC2CC2)c1)N(C)Cc1cnn(C)c1. The molecular weight excluding hydrogens is 328 g/mol. The second-order valence-corrected chi connectivity index (χ2v) is 6.81. The highest BCUT2D eigenvalue weighted by atomic mass is 16.5. The first-order valence-electron chi connectivity index (χ1n) is 9.18. The lowest BCUT2D eigenvalue weighted by Gasteiger charge is -2.21. The van der Waals surface area contributed by atoms with Gasteiger partial charge in [-0.15, -0.1) is 0 Å². The molecule has 1 N–H and O–H groups in total. The van der Waals surface area contributed by atoms with E-state index in [9.17, 15) is 0 Å². The molecular formula is C19H28N6O. The van der Waals surface area contributed by atoms with Crippen molar-refractivity contribution in [3.8, 4) is 5.88 Å². The van der Waals surface area contributed by atoms with Crippen molar-refractivity contribution in [3.05, 3.63) is 41.9 Å². The summed E-state index contributed by atoms with van der Waals surface area (Å²) in [5, 5.41) is 7.57. The summed E-state index contributed by atoms with van der Waals surface area (Å²) in [5.41, 5.74) is 2.25. The maximum Gasteiger partial charge on any atom is 0.213 e. The minimum Gasteiger partial charge on any atom is -0.477 e. The molecule has 0 aliphatic heterocycles. The van der Waals surface area contributed by atoms with Crippen LogP contribution in [0.2, 0.25) is 0 Å². The van der Waals surface area contributed by atoms with Crippen LogP contribution >= 0.6 is 0 Å². The smallest absolute Gasteiger partial charge is 0.213 e. The molecule has 0 saturated heterocycles. The van der Waals surface area contributed by atoms with Gasteiger partial charge in [0.2, 0.25) is 5.88 Å². The van der Waals surface area contributed by atoms with Crippen molar-refractivity contribution >= 4 is 5.96 Å². The predicted octanol–water partition coefficient (Wildman–Crippen LogP) is 2.20. The van der Waals surface area contributed by atoms with Gasteiger partial charge in [0.05, 0.1) is 19.3 Å². The van der Waals surface area contributed by atoms with Crippen LogP contribution in [0.3, 0.4) is 0 Å². The monoisotopic (exact) mass is 356 g/mol. The molecule has 7 nitrogen and oxygen atoms in total. The van der Waals surface area contributed by atoms with Crippen molar-refractivity contribution in [3.63, 3.8) is 0 Å². The summed E-state index contributed by atoms with van der Waals surface area (Å²) in [6.07, 6.45) is 8.25. The van der Waals surface area contributed by atoms with Crippen molar-refractivity contribution in [2.75, 3.05) is 20.2 Å². The molecule has 2 heterocycles. The summed E-state index contributed by atoms with van der Waals surface area (Å²) >= 11 is 0. The molecule has 3 rings (SSSR count). The molecule has 1 saturated carbocycles. The van der Waals surface area contributed by atoms with Gasteiger partial charge in [-0.05, 0) is 37.3 Å². The molecule has 0 unspecified atom stereocenters. The average molecular weight is 356 g/mol. The van der Waals surface area contributed by atoms with Crippen LogP contribution in [0.5, 0.6) is 5.88 Å². The van der Waals surface area contributed by atoms with E-state index in [0.717, 1.165) is 42.7 Å². The van der Waals surface area contributed by atoms with E-state index in [4.69, 9.17) is 9.73 Å². The third-order valence-electron chi connectivity index (χ3n) is 4.25. The predicted molar refractivity (Wildman–Crippen MR) is 102 cm³/mol. The van der Waals surface area contributed by atoms with E-state index in [-0.39, 0.29) is 0 Å². The van der Waals surface area contributed by atoms with E-state index in [2.05, 4.69) is 27.2 Å². The topological polar surface area (TPSA) is 67.6 Å². The molecule has 1 aliphatic rings. The third-order valence-corrected chi connectivity index (χ3v) is 4.25. The summed E-state index contributed by atoms with van der Waals surface area (Å²) in [6, 6.07) is 3.97. The van der Waals surface area contributed by atoms with Crippen LogP contribution in [0.4, 0.5) is 0 Å². The van der Waals surface area contributed by atoms with Crippen molar-refractivity contribution in [2.45, 2.75) is 32.9 Å². The molecule has 0 spiro atoms. The zero-order valence-electron chi connectivity index (χ0n) is 15.9. The summed E-state index contributed by atoms with van der Waals surface area (Å²) in [6.45, 7) is 5.01. The minimum absolute atomic E-state index is 0.585. The fourth-order valence-electron chi connectivity index (χ4n) is 2.65. The molecule has 2 aromatic rings. The van der Waals surface area contributed by atoms with E-state index >= 15 is 0 Å². The molecule has 26 heavy (non-hydrogen) atoms. The van der Waals surface area contributed by atoms with E-state index < -0.39 is 0 Å². The number of guanidine groups is 1. The van der Waals surface area contributed by atoms with Crippen LogP contribution in [0.25, 0.3) is 0 Å². The van der Waals surface area contributed by atoms with Gasteiger partial charge < -0.3 is 15.0 Å². The summed E-state index contributed by atoms with van der Waals surface area (Å²) in [4.78, 5) is 11.1. The van der Waals surface area contributed by atoms with E-state index in [1.807, 2.05) is 43.3 Å². The van der Waals surface area contributed by atoms with E-state index in [1.165, 1.54) is 12.8 Å². The van der Waals surface area contributed by atoms with Gasteiger partial charge in [-0.2, -0.15) is 5.10 Å². The van der Waals surface area contributed by atoms with Crippen LogP contribution in [0.1, 0.15) is 30.9 Å². The fraction of sp³-hybridized carbons (Fsp3) is 0.526. The molecule has 1 fully saturated rings. The Hall–Kier alpha value is -2.57.